The zero-order valence-electron chi connectivity index (χ0n) is 21.0. The summed E-state index contributed by atoms with van der Waals surface area (Å²) in [5, 5.41) is 3.22. The molecule has 3 aliphatic heterocycles. The smallest absolute Gasteiger partial charge is 0.253 e. The summed E-state index contributed by atoms with van der Waals surface area (Å²) in [6, 6.07) is 5.74. The standard InChI is InChI=1S/C28H40N4O3/c33-26(29-22-11-5-2-1-3-6-12-22)20-32-25-19-21(27(34)30-16-8-4-9-17-30)14-15-23(25)31-18-10-7-13-24(31)28(32)35/h14-15,19,22,24H,1-13,16-18,20H2,(H,29,33)/t24-/m1/s1. The van der Waals surface area contributed by atoms with Gasteiger partial charge in [0, 0.05) is 31.2 Å². The van der Waals surface area contributed by atoms with Crippen molar-refractivity contribution in [1.29, 1.82) is 0 Å². The van der Waals surface area contributed by atoms with Crippen molar-refractivity contribution in [2.45, 2.75) is 95.6 Å². The first-order valence-electron chi connectivity index (χ1n) is 13.9. The Hall–Kier alpha value is -2.57. The molecule has 1 saturated carbocycles. The molecule has 1 aliphatic carbocycles. The van der Waals surface area contributed by atoms with Crippen molar-refractivity contribution in [3.63, 3.8) is 0 Å². The first kappa shape index (κ1) is 24.1. The molecule has 3 fully saturated rings. The highest BCUT2D eigenvalue weighted by atomic mass is 16.2. The molecule has 4 aliphatic rings. The fourth-order valence-corrected chi connectivity index (χ4v) is 6.35. The molecule has 1 atom stereocenters. The first-order chi connectivity index (χ1) is 17.1. The Labute approximate surface area is 209 Å². The number of fused-ring (bicyclic) bond motifs is 3. The molecule has 1 N–H and O–H groups in total. The van der Waals surface area contributed by atoms with E-state index in [1.54, 1.807) is 4.90 Å². The molecule has 0 aromatic heterocycles. The summed E-state index contributed by atoms with van der Waals surface area (Å²) in [4.78, 5) is 45.8. The van der Waals surface area contributed by atoms with E-state index in [4.69, 9.17) is 0 Å². The Morgan fingerprint density at radius 2 is 1.46 bits per heavy atom. The van der Waals surface area contributed by atoms with Crippen LogP contribution in [0.1, 0.15) is 93.8 Å². The number of carbonyl (C=O) groups excluding carboxylic acids is 3. The Balaban J connectivity index is 1.38. The van der Waals surface area contributed by atoms with E-state index in [2.05, 4.69) is 10.2 Å². The minimum atomic E-state index is -0.214. The van der Waals surface area contributed by atoms with Gasteiger partial charge in [-0.1, -0.05) is 32.1 Å². The summed E-state index contributed by atoms with van der Waals surface area (Å²) in [6.45, 7) is 2.44. The molecule has 7 nitrogen and oxygen atoms in total. The van der Waals surface area contributed by atoms with Crippen molar-refractivity contribution in [2.75, 3.05) is 36.0 Å². The predicted octanol–water partition coefficient (Wildman–Crippen LogP) is 4.25. The van der Waals surface area contributed by atoms with Crippen LogP contribution >= 0.6 is 0 Å². The lowest BCUT2D eigenvalue weighted by Gasteiger charge is -2.45. The summed E-state index contributed by atoms with van der Waals surface area (Å²) in [7, 11) is 0. The third-order valence-corrected chi connectivity index (χ3v) is 8.29. The van der Waals surface area contributed by atoms with Crippen LogP contribution in [0.15, 0.2) is 18.2 Å². The maximum Gasteiger partial charge on any atom is 0.253 e. The molecule has 0 bridgehead atoms. The maximum absolute atomic E-state index is 13.6. The number of rotatable bonds is 4. The van der Waals surface area contributed by atoms with Gasteiger partial charge in [0.1, 0.15) is 12.6 Å². The van der Waals surface area contributed by atoms with Gasteiger partial charge in [-0.3, -0.25) is 19.3 Å². The number of nitrogens with zero attached hydrogens (tertiary/aromatic N) is 3. The Morgan fingerprint density at radius 3 is 2.23 bits per heavy atom. The molecule has 190 valence electrons. The van der Waals surface area contributed by atoms with Crippen molar-refractivity contribution in [1.82, 2.24) is 10.2 Å². The zero-order chi connectivity index (χ0) is 24.2. The Bertz CT molecular complexity index is 934. The highest BCUT2D eigenvalue weighted by Gasteiger charge is 2.40. The highest BCUT2D eigenvalue weighted by Crippen LogP contribution is 2.40. The number of benzene rings is 1. The van der Waals surface area contributed by atoms with Gasteiger partial charge in [0.2, 0.25) is 11.8 Å². The minimum absolute atomic E-state index is 0.00686. The second-order valence-corrected chi connectivity index (χ2v) is 10.8. The molecule has 5 rings (SSSR count). The monoisotopic (exact) mass is 480 g/mol. The number of piperidine rings is 2. The van der Waals surface area contributed by atoms with Gasteiger partial charge in [-0.25, -0.2) is 0 Å². The fraction of sp³-hybridized carbons (Fsp3) is 0.679. The van der Waals surface area contributed by atoms with Crippen molar-refractivity contribution in [3.8, 4) is 0 Å². The second-order valence-electron chi connectivity index (χ2n) is 10.8. The molecule has 1 aromatic rings. The Kier molecular flexibility index (Phi) is 7.59. The maximum atomic E-state index is 13.6. The third-order valence-electron chi connectivity index (χ3n) is 8.29. The minimum Gasteiger partial charge on any atom is -0.358 e. The molecular formula is C28H40N4O3. The fourth-order valence-electron chi connectivity index (χ4n) is 6.35. The van der Waals surface area contributed by atoms with Crippen LogP contribution < -0.4 is 15.1 Å². The molecule has 3 amide bonds. The molecule has 7 heteroatoms. The highest BCUT2D eigenvalue weighted by molar-refractivity contribution is 6.09. The first-order valence-corrected chi connectivity index (χ1v) is 13.9. The molecule has 0 spiro atoms. The van der Waals surface area contributed by atoms with E-state index in [1.165, 1.54) is 25.7 Å². The van der Waals surface area contributed by atoms with E-state index in [0.717, 1.165) is 83.1 Å². The number of nitrogens with one attached hydrogen (secondary N) is 1. The number of hydrogen-bond acceptors (Lipinski definition) is 4. The van der Waals surface area contributed by atoms with Gasteiger partial charge in [0.15, 0.2) is 0 Å². The van der Waals surface area contributed by atoms with E-state index < -0.39 is 0 Å². The number of anilines is 2. The lowest BCUT2D eigenvalue weighted by molar-refractivity contribution is -0.125. The van der Waals surface area contributed by atoms with E-state index in [1.807, 2.05) is 23.1 Å². The summed E-state index contributed by atoms with van der Waals surface area (Å²) in [5.74, 6) is -0.0703. The molecular weight excluding hydrogens is 440 g/mol. The normalized spacial score (nSPS) is 23.7. The Morgan fingerprint density at radius 1 is 0.800 bits per heavy atom. The molecule has 1 aromatic carbocycles. The van der Waals surface area contributed by atoms with Crippen LogP contribution in [0.2, 0.25) is 0 Å². The number of amides is 3. The quantitative estimate of drug-likeness (QED) is 0.699. The summed E-state index contributed by atoms with van der Waals surface area (Å²) >= 11 is 0. The second kappa shape index (κ2) is 11.0. The lowest BCUT2D eigenvalue weighted by atomic mass is 9.95. The molecule has 2 saturated heterocycles. The summed E-state index contributed by atoms with van der Waals surface area (Å²) in [5.41, 5.74) is 2.30. The van der Waals surface area contributed by atoms with Crippen LogP contribution in [-0.4, -0.2) is 60.9 Å². The van der Waals surface area contributed by atoms with Crippen LogP contribution in [0.5, 0.6) is 0 Å². The van der Waals surface area contributed by atoms with Crippen LogP contribution in [-0.2, 0) is 9.59 Å². The summed E-state index contributed by atoms with van der Waals surface area (Å²) < 4.78 is 0. The molecule has 35 heavy (non-hydrogen) atoms. The zero-order valence-corrected chi connectivity index (χ0v) is 21.0. The third kappa shape index (κ3) is 5.34. The van der Waals surface area contributed by atoms with Crippen molar-refractivity contribution in [3.05, 3.63) is 23.8 Å². The van der Waals surface area contributed by atoms with E-state index in [-0.39, 0.29) is 36.3 Å². The number of carbonyl (C=O) groups is 3. The topological polar surface area (TPSA) is 73.0 Å². The average molecular weight is 481 g/mol. The largest absolute Gasteiger partial charge is 0.358 e. The van der Waals surface area contributed by atoms with Crippen LogP contribution in [0.3, 0.4) is 0 Å². The molecule has 3 heterocycles. The number of hydrogen-bond donors (Lipinski definition) is 1. The number of likely N-dealkylation sites (tertiary alicyclic amines) is 1. The molecule has 0 unspecified atom stereocenters. The van der Waals surface area contributed by atoms with Gasteiger partial charge in [-0.2, -0.15) is 0 Å². The van der Waals surface area contributed by atoms with Gasteiger partial charge in [0.05, 0.1) is 11.4 Å². The van der Waals surface area contributed by atoms with Gasteiger partial charge in [0.25, 0.3) is 5.91 Å². The lowest BCUT2D eigenvalue weighted by Crippen LogP contribution is -2.57. The van der Waals surface area contributed by atoms with Gasteiger partial charge in [-0.15, -0.1) is 0 Å². The van der Waals surface area contributed by atoms with Crippen molar-refractivity contribution < 1.29 is 14.4 Å². The van der Waals surface area contributed by atoms with E-state index in [0.29, 0.717) is 11.3 Å². The van der Waals surface area contributed by atoms with Crippen molar-refractivity contribution >= 4 is 29.1 Å². The van der Waals surface area contributed by atoms with Crippen LogP contribution in [0.25, 0.3) is 0 Å². The predicted molar refractivity (Wildman–Crippen MR) is 138 cm³/mol. The average Bonchev–Trinajstić information content (AvgIpc) is 2.88. The van der Waals surface area contributed by atoms with Gasteiger partial charge >= 0.3 is 0 Å². The van der Waals surface area contributed by atoms with Gasteiger partial charge in [-0.05, 0) is 69.6 Å². The van der Waals surface area contributed by atoms with Gasteiger partial charge < -0.3 is 15.1 Å². The molecule has 0 radical (unpaired) electrons. The summed E-state index contributed by atoms with van der Waals surface area (Å²) in [6.07, 6.45) is 14.2. The van der Waals surface area contributed by atoms with Crippen LogP contribution in [0.4, 0.5) is 11.4 Å². The van der Waals surface area contributed by atoms with Crippen LogP contribution in [0, 0.1) is 0 Å². The van der Waals surface area contributed by atoms with E-state index in [9.17, 15) is 14.4 Å². The van der Waals surface area contributed by atoms with Crippen molar-refractivity contribution in [2.24, 2.45) is 0 Å². The van der Waals surface area contributed by atoms with E-state index >= 15 is 0 Å². The SMILES string of the molecule is O=C(CN1C(=O)[C@H]2CCCCN2c2ccc(C(=O)N3CCCCC3)cc21)NC1CCCCCCC1.